The molecule has 1 aliphatic heterocycles. The smallest absolute Gasteiger partial charge is 0.0908 e. The minimum Gasteiger partial charge on any atom is -0.351 e. The number of benzene rings is 2. The van der Waals surface area contributed by atoms with Crippen LogP contribution in [0.3, 0.4) is 0 Å². The van der Waals surface area contributed by atoms with Crippen LogP contribution in [-0.2, 0) is 6.54 Å². The third-order valence-electron chi connectivity index (χ3n) is 6.05. The Kier molecular flexibility index (Phi) is 6.34. The van der Waals surface area contributed by atoms with Crippen LogP contribution in [0.2, 0.25) is 0 Å². The zero-order valence-electron chi connectivity index (χ0n) is 18.8. The van der Waals surface area contributed by atoms with Gasteiger partial charge in [-0.15, -0.1) is 0 Å². The van der Waals surface area contributed by atoms with Crippen molar-refractivity contribution < 1.29 is 0 Å². The van der Waals surface area contributed by atoms with Crippen LogP contribution in [0.5, 0.6) is 0 Å². The van der Waals surface area contributed by atoms with E-state index in [0.717, 1.165) is 26.3 Å². The summed E-state index contributed by atoms with van der Waals surface area (Å²) < 4.78 is 0. The zero-order chi connectivity index (χ0) is 20.4. The summed E-state index contributed by atoms with van der Waals surface area (Å²) in [6.45, 7) is 20.0. The maximum absolute atomic E-state index is 2.58. The van der Waals surface area contributed by atoms with Gasteiger partial charge < -0.3 is 9.80 Å². The molecule has 0 spiro atoms. The summed E-state index contributed by atoms with van der Waals surface area (Å²) in [6, 6.07) is 14.7. The van der Waals surface area contributed by atoms with Crippen molar-refractivity contribution in [3.63, 3.8) is 0 Å². The Morgan fingerprint density at radius 3 is 1.93 bits per heavy atom. The van der Waals surface area contributed by atoms with Crippen LogP contribution in [-0.4, -0.2) is 36.7 Å². The number of hydrogen-bond acceptors (Lipinski definition) is 3. The lowest BCUT2D eigenvalue weighted by Gasteiger charge is -2.32. The maximum atomic E-state index is 2.58. The van der Waals surface area contributed by atoms with Crippen LogP contribution in [0, 0.1) is 20.8 Å². The third kappa shape index (κ3) is 4.35. The number of rotatable bonds is 7. The molecule has 28 heavy (non-hydrogen) atoms. The molecule has 152 valence electrons. The molecule has 3 rings (SSSR count). The highest BCUT2D eigenvalue weighted by atomic mass is 15.4. The van der Waals surface area contributed by atoms with E-state index in [1.54, 1.807) is 0 Å². The van der Waals surface area contributed by atoms with Gasteiger partial charge in [-0.2, -0.15) is 0 Å². The number of hydrogen-bond donors (Lipinski definition) is 0. The molecule has 0 aromatic heterocycles. The van der Waals surface area contributed by atoms with Gasteiger partial charge in [0.1, 0.15) is 0 Å². The van der Waals surface area contributed by atoms with Crippen molar-refractivity contribution in [2.24, 2.45) is 0 Å². The summed E-state index contributed by atoms with van der Waals surface area (Å²) in [7, 11) is 0. The number of para-hydroxylation sites is 2. The van der Waals surface area contributed by atoms with Crippen LogP contribution < -0.4 is 9.80 Å². The summed E-state index contributed by atoms with van der Waals surface area (Å²) in [6.07, 6.45) is 0. The van der Waals surface area contributed by atoms with E-state index < -0.39 is 0 Å². The summed E-state index contributed by atoms with van der Waals surface area (Å²) in [4.78, 5) is 7.67. The van der Waals surface area contributed by atoms with Gasteiger partial charge in [-0.3, -0.25) is 4.90 Å². The van der Waals surface area contributed by atoms with Crippen molar-refractivity contribution in [2.45, 2.75) is 67.1 Å². The van der Waals surface area contributed by atoms with Crippen LogP contribution in [0.15, 0.2) is 36.4 Å². The van der Waals surface area contributed by atoms with Gasteiger partial charge in [0.15, 0.2) is 0 Å². The van der Waals surface area contributed by atoms with Crippen LogP contribution >= 0.6 is 0 Å². The van der Waals surface area contributed by atoms with Crippen molar-refractivity contribution in [1.29, 1.82) is 0 Å². The largest absolute Gasteiger partial charge is 0.351 e. The first-order valence-electron chi connectivity index (χ1n) is 10.7. The Hall–Kier alpha value is -2.00. The highest BCUT2D eigenvalue weighted by molar-refractivity contribution is 5.76. The van der Waals surface area contributed by atoms with Crippen molar-refractivity contribution in [3.8, 4) is 0 Å². The fourth-order valence-corrected chi connectivity index (χ4v) is 4.68. The van der Waals surface area contributed by atoms with Crippen LogP contribution in [0.1, 0.15) is 49.9 Å². The summed E-state index contributed by atoms with van der Waals surface area (Å²) in [5.41, 5.74) is 8.36. The molecule has 0 unspecified atom stereocenters. The first-order chi connectivity index (χ1) is 13.3. The lowest BCUT2D eigenvalue weighted by Crippen LogP contribution is -2.43. The first kappa shape index (κ1) is 20.7. The minimum atomic E-state index is 0.576. The molecule has 2 aromatic rings. The molecule has 0 radical (unpaired) electrons. The average molecular weight is 380 g/mol. The van der Waals surface area contributed by atoms with E-state index in [0.29, 0.717) is 12.1 Å². The SMILES string of the molecule is Cc1cc(C)c(CN2CN(CCN(C(C)C)C(C)C)c3ccccc32)c(C)c1. The van der Waals surface area contributed by atoms with Gasteiger partial charge in [0.25, 0.3) is 0 Å². The molecule has 0 saturated heterocycles. The Balaban J connectivity index is 1.79. The molecule has 0 fully saturated rings. The predicted molar refractivity (Wildman–Crippen MR) is 122 cm³/mol. The van der Waals surface area contributed by atoms with E-state index in [2.05, 4.69) is 99.6 Å². The zero-order valence-corrected chi connectivity index (χ0v) is 18.8. The maximum Gasteiger partial charge on any atom is 0.0908 e. The number of nitrogens with zero attached hydrogens (tertiary/aromatic N) is 3. The highest BCUT2D eigenvalue weighted by Crippen LogP contribution is 2.37. The van der Waals surface area contributed by atoms with Gasteiger partial charge in [0.2, 0.25) is 0 Å². The van der Waals surface area contributed by atoms with Gasteiger partial charge in [0, 0.05) is 31.7 Å². The van der Waals surface area contributed by atoms with E-state index in [4.69, 9.17) is 0 Å². The molecule has 2 aromatic carbocycles. The van der Waals surface area contributed by atoms with Gasteiger partial charge in [-0.1, -0.05) is 29.8 Å². The van der Waals surface area contributed by atoms with E-state index >= 15 is 0 Å². The summed E-state index contributed by atoms with van der Waals surface area (Å²) in [5.74, 6) is 0. The molecule has 0 atom stereocenters. The van der Waals surface area contributed by atoms with Crippen LogP contribution in [0.4, 0.5) is 11.4 Å². The summed E-state index contributed by atoms with van der Waals surface area (Å²) >= 11 is 0. The first-order valence-corrected chi connectivity index (χ1v) is 10.7. The van der Waals surface area contributed by atoms with Gasteiger partial charge in [-0.25, -0.2) is 0 Å². The van der Waals surface area contributed by atoms with Gasteiger partial charge >= 0.3 is 0 Å². The Labute approximate surface area is 172 Å². The fourth-order valence-electron chi connectivity index (χ4n) is 4.68. The quantitative estimate of drug-likeness (QED) is 0.627. The monoisotopic (exact) mass is 379 g/mol. The second-order valence-electron chi connectivity index (χ2n) is 8.89. The molecule has 0 amide bonds. The molecule has 3 heteroatoms. The normalized spacial score (nSPS) is 13.9. The van der Waals surface area contributed by atoms with E-state index in [1.165, 1.54) is 33.6 Å². The van der Waals surface area contributed by atoms with Crippen molar-refractivity contribution in [1.82, 2.24) is 4.90 Å². The molecule has 0 bridgehead atoms. The minimum absolute atomic E-state index is 0.576. The molecular formula is C25H37N3. The number of aryl methyl sites for hydroxylation is 3. The predicted octanol–water partition coefficient (Wildman–Crippen LogP) is 5.51. The third-order valence-corrected chi connectivity index (χ3v) is 6.05. The second kappa shape index (κ2) is 8.57. The summed E-state index contributed by atoms with van der Waals surface area (Å²) in [5, 5.41) is 0. The molecule has 0 saturated carbocycles. The van der Waals surface area contributed by atoms with Crippen molar-refractivity contribution in [3.05, 3.63) is 58.7 Å². The Morgan fingerprint density at radius 1 is 0.857 bits per heavy atom. The highest BCUT2D eigenvalue weighted by Gasteiger charge is 2.27. The van der Waals surface area contributed by atoms with Gasteiger partial charge in [0.05, 0.1) is 18.0 Å². The fraction of sp³-hybridized carbons (Fsp3) is 0.520. The standard InChI is InChI=1S/C25H37N3/c1-18(2)28(19(3)4)13-12-26-17-27(25-11-9-8-10-24(25)26)16-23-21(6)14-20(5)15-22(23)7/h8-11,14-15,18-19H,12-13,16-17H2,1-7H3. The van der Waals surface area contributed by atoms with E-state index in [9.17, 15) is 0 Å². The van der Waals surface area contributed by atoms with E-state index in [1.807, 2.05) is 0 Å². The lowest BCUT2D eigenvalue weighted by atomic mass is 9.99. The van der Waals surface area contributed by atoms with E-state index in [-0.39, 0.29) is 0 Å². The number of anilines is 2. The molecule has 1 aliphatic rings. The Bertz CT molecular complexity index is 778. The van der Waals surface area contributed by atoms with Crippen LogP contribution in [0.25, 0.3) is 0 Å². The molecular weight excluding hydrogens is 342 g/mol. The topological polar surface area (TPSA) is 9.72 Å². The molecule has 0 N–H and O–H groups in total. The van der Waals surface area contributed by atoms with Gasteiger partial charge in [-0.05, 0) is 77.3 Å². The lowest BCUT2D eigenvalue weighted by molar-refractivity contribution is 0.179. The number of fused-ring (bicyclic) bond motifs is 1. The molecule has 0 aliphatic carbocycles. The van der Waals surface area contributed by atoms with Crippen molar-refractivity contribution >= 4 is 11.4 Å². The Morgan fingerprint density at radius 2 is 1.39 bits per heavy atom. The molecule has 3 nitrogen and oxygen atoms in total. The second-order valence-corrected chi connectivity index (χ2v) is 8.89. The van der Waals surface area contributed by atoms with Crippen molar-refractivity contribution in [2.75, 3.05) is 29.6 Å². The molecule has 1 heterocycles. The average Bonchev–Trinajstić information content (AvgIpc) is 2.95.